The van der Waals surface area contributed by atoms with Crippen molar-refractivity contribution in [3.63, 3.8) is 0 Å². The minimum atomic E-state index is -0.571. The molecule has 0 aliphatic rings. The summed E-state index contributed by atoms with van der Waals surface area (Å²) in [7, 11) is 0. The summed E-state index contributed by atoms with van der Waals surface area (Å²) in [4.78, 5) is 35.7. The first kappa shape index (κ1) is 22.5. The summed E-state index contributed by atoms with van der Waals surface area (Å²) in [6.45, 7) is 7.61. The molecule has 0 saturated heterocycles. The second kappa shape index (κ2) is 10.7. The van der Waals surface area contributed by atoms with Crippen LogP contribution in [0.15, 0.2) is 36.4 Å². The third-order valence-electron chi connectivity index (χ3n) is 4.02. The van der Waals surface area contributed by atoms with Crippen LogP contribution in [0.5, 0.6) is 0 Å². The van der Waals surface area contributed by atoms with Crippen LogP contribution in [0.4, 0.5) is 37.1 Å². The summed E-state index contributed by atoms with van der Waals surface area (Å²) < 4.78 is 9.73. The monoisotopic (exact) mass is 414 g/mol. The first-order chi connectivity index (χ1) is 14.3. The van der Waals surface area contributed by atoms with E-state index in [9.17, 15) is 14.4 Å². The Bertz CT molecular complexity index is 930. The van der Waals surface area contributed by atoms with Crippen molar-refractivity contribution in [2.24, 2.45) is 0 Å². The van der Waals surface area contributed by atoms with Gasteiger partial charge in [-0.2, -0.15) is 0 Å². The normalized spacial score (nSPS) is 10.0. The van der Waals surface area contributed by atoms with E-state index in [4.69, 9.17) is 9.47 Å². The number of anilines is 4. The Morgan fingerprint density at radius 1 is 0.700 bits per heavy atom. The molecule has 4 amide bonds. The Hall–Kier alpha value is -3.75. The number of aryl methyl sites for hydroxylation is 2. The maximum absolute atomic E-state index is 12.4. The standard InChI is InChI=1S/C21H26N4O5/c1-5-29-20(27)23-16-10-8-13(3)17(12-16)24-19(26)22-15-9-7-14(4)18(11-15)25-21(28)30-6-2/h7-12H,5-6H2,1-4H3,(H,23,27)(H,25,28)(H2,22,24,26). The molecule has 9 nitrogen and oxygen atoms in total. The van der Waals surface area contributed by atoms with E-state index in [1.54, 1.807) is 50.2 Å². The first-order valence-corrected chi connectivity index (χ1v) is 9.49. The zero-order valence-electron chi connectivity index (χ0n) is 17.4. The molecule has 0 aromatic heterocycles. The van der Waals surface area contributed by atoms with Gasteiger partial charge in [-0.1, -0.05) is 12.1 Å². The summed E-state index contributed by atoms with van der Waals surface area (Å²) in [5, 5.41) is 10.7. The van der Waals surface area contributed by atoms with Gasteiger partial charge in [0, 0.05) is 22.7 Å². The average molecular weight is 414 g/mol. The summed E-state index contributed by atoms with van der Waals surface area (Å²) >= 11 is 0. The topological polar surface area (TPSA) is 118 Å². The van der Waals surface area contributed by atoms with E-state index in [0.717, 1.165) is 11.1 Å². The quantitative estimate of drug-likeness (QED) is 0.525. The highest BCUT2D eigenvalue weighted by Crippen LogP contribution is 2.23. The lowest BCUT2D eigenvalue weighted by Crippen LogP contribution is -2.21. The summed E-state index contributed by atoms with van der Waals surface area (Å²) in [6, 6.07) is 9.76. The summed E-state index contributed by atoms with van der Waals surface area (Å²) in [5.41, 5.74) is 3.67. The predicted octanol–water partition coefficient (Wildman–Crippen LogP) is 5.08. The van der Waals surface area contributed by atoms with Crippen molar-refractivity contribution < 1.29 is 23.9 Å². The fourth-order valence-electron chi connectivity index (χ4n) is 2.52. The molecule has 0 spiro atoms. The van der Waals surface area contributed by atoms with Crippen LogP contribution in [-0.4, -0.2) is 31.4 Å². The number of nitrogens with one attached hydrogen (secondary N) is 4. The molecule has 0 radical (unpaired) electrons. The van der Waals surface area contributed by atoms with Gasteiger partial charge in [0.1, 0.15) is 0 Å². The Labute approximate surface area is 175 Å². The van der Waals surface area contributed by atoms with E-state index < -0.39 is 18.2 Å². The van der Waals surface area contributed by atoms with Crippen molar-refractivity contribution in [3.8, 4) is 0 Å². The molecule has 2 aromatic carbocycles. The smallest absolute Gasteiger partial charge is 0.411 e. The molecule has 160 valence electrons. The van der Waals surface area contributed by atoms with Gasteiger partial charge in [0.25, 0.3) is 0 Å². The highest BCUT2D eigenvalue weighted by Gasteiger charge is 2.10. The zero-order chi connectivity index (χ0) is 22.1. The summed E-state index contributed by atoms with van der Waals surface area (Å²) in [5.74, 6) is 0. The largest absolute Gasteiger partial charge is 0.450 e. The second-order valence-corrected chi connectivity index (χ2v) is 6.33. The second-order valence-electron chi connectivity index (χ2n) is 6.33. The third kappa shape index (κ3) is 6.69. The maximum atomic E-state index is 12.4. The lowest BCUT2D eigenvalue weighted by Gasteiger charge is -2.14. The number of carbonyl (C=O) groups is 3. The highest BCUT2D eigenvalue weighted by atomic mass is 16.6. The number of amides is 4. The average Bonchev–Trinajstić information content (AvgIpc) is 2.67. The van der Waals surface area contributed by atoms with Gasteiger partial charge in [-0.15, -0.1) is 0 Å². The Morgan fingerprint density at radius 2 is 1.17 bits per heavy atom. The SMILES string of the molecule is CCOC(=O)Nc1ccc(C)c(NC(=O)Nc2ccc(C)c(NC(=O)OCC)c2)c1. The van der Waals surface area contributed by atoms with Crippen LogP contribution < -0.4 is 21.3 Å². The molecule has 0 heterocycles. The van der Waals surface area contributed by atoms with E-state index in [1.165, 1.54) is 0 Å². The molecule has 0 fully saturated rings. The van der Waals surface area contributed by atoms with E-state index in [1.807, 2.05) is 13.8 Å². The van der Waals surface area contributed by atoms with Crippen LogP contribution in [0, 0.1) is 13.8 Å². The molecule has 0 aliphatic carbocycles. The van der Waals surface area contributed by atoms with Crippen LogP contribution in [0.3, 0.4) is 0 Å². The molecule has 0 aliphatic heterocycles. The number of rotatable bonds is 6. The van der Waals surface area contributed by atoms with E-state index in [0.29, 0.717) is 22.7 Å². The van der Waals surface area contributed by atoms with Crippen LogP contribution in [-0.2, 0) is 9.47 Å². The number of ether oxygens (including phenoxy) is 2. The Kier molecular flexibility index (Phi) is 8.04. The molecule has 0 saturated carbocycles. The molecule has 2 rings (SSSR count). The van der Waals surface area contributed by atoms with Crippen molar-refractivity contribution in [1.29, 1.82) is 0 Å². The molecule has 2 aromatic rings. The molecule has 30 heavy (non-hydrogen) atoms. The van der Waals surface area contributed by atoms with Gasteiger partial charge in [-0.05, 0) is 63.1 Å². The van der Waals surface area contributed by atoms with E-state index >= 15 is 0 Å². The van der Waals surface area contributed by atoms with Crippen LogP contribution in [0.25, 0.3) is 0 Å². The van der Waals surface area contributed by atoms with Crippen LogP contribution in [0.2, 0.25) is 0 Å². The Balaban J connectivity index is 2.06. The number of carbonyl (C=O) groups excluding carboxylic acids is 3. The van der Waals surface area contributed by atoms with Gasteiger partial charge < -0.3 is 20.1 Å². The fourth-order valence-corrected chi connectivity index (χ4v) is 2.52. The van der Waals surface area contributed by atoms with Crippen molar-refractivity contribution >= 4 is 41.0 Å². The van der Waals surface area contributed by atoms with E-state index in [-0.39, 0.29) is 13.2 Å². The van der Waals surface area contributed by atoms with E-state index in [2.05, 4.69) is 21.3 Å². The van der Waals surface area contributed by atoms with Gasteiger partial charge in [-0.3, -0.25) is 10.6 Å². The van der Waals surface area contributed by atoms with Gasteiger partial charge in [0.2, 0.25) is 0 Å². The molecule has 9 heteroatoms. The van der Waals surface area contributed by atoms with Crippen LogP contribution in [0.1, 0.15) is 25.0 Å². The first-order valence-electron chi connectivity index (χ1n) is 9.49. The third-order valence-corrected chi connectivity index (χ3v) is 4.02. The number of hydrogen-bond acceptors (Lipinski definition) is 5. The molecular formula is C21H26N4O5. The lowest BCUT2D eigenvalue weighted by atomic mass is 10.1. The fraction of sp³-hybridized carbons (Fsp3) is 0.286. The molecule has 0 atom stereocenters. The van der Waals surface area contributed by atoms with Crippen molar-refractivity contribution in [3.05, 3.63) is 47.5 Å². The number of benzene rings is 2. The van der Waals surface area contributed by atoms with Crippen molar-refractivity contribution in [2.75, 3.05) is 34.5 Å². The van der Waals surface area contributed by atoms with Crippen molar-refractivity contribution in [2.45, 2.75) is 27.7 Å². The van der Waals surface area contributed by atoms with Gasteiger partial charge in [0.05, 0.1) is 13.2 Å². The molecule has 0 unspecified atom stereocenters. The number of urea groups is 1. The summed E-state index contributed by atoms with van der Waals surface area (Å²) in [6.07, 6.45) is -1.14. The minimum Gasteiger partial charge on any atom is -0.450 e. The van der Waals surface area contributed by atoms with Gasteiger partial charge in [0.15, 0.2) is 0 Å². The van der Waals surface area contributed by atoms with Crippen LogP contribution >= 0.6 is 0 Å². The van der Waals surface area contributed by atoms with Gasteiger partial charge in [-0.25, -0.2) is 14.4 Å². The highest BCUT2D eigenvalue weighted by molar-refractivity contribution is 6.01. The van der Waals surface area contributed by atoms with Gasteiger partial charge >= 0.3 is 18.2 Å². The minimum absolute atomic E-state index is 0.259. The lowest BCUT2D eigenvalue weighted by molar-refractivity contribution is 0.167. The molecular weight excluding hydrogens is 388 g/mol. The number of hydrogen-bond donors (Lipinski definition) is 4. The molecule has 4 N–H and O–H groups in total. The Morgan fingerprint density at radius 3 is 1.70 bits per heavy atom. The predicted molar refractivity (Wildman–Crippen MR) is 116 cm³/mol. The maximum Gasteiger partial charge on any atom is 0.411 e. The molecule has 0 bridgehead atoms. The zero-order valence-corrected chi connectivity index (χ0v) is 17.4. The van der Waals surface area contributed by atoms with Crippen molar-refractivity contribution in [1.82, 2.24) is 0 Å².